The highest BCUT2D eigenvalue weighted by Crippen LogP contribution is 2.26. The van der Waals surface area contributed by atoms with Gasteiger partial charge in [0, 0.05) is 16.7 Å². The fourth-order valence-electron chi connectivity index (χ4n) is 2.23. The van der Waals surface area contributed by atoms with Crippen LogP contribution >= 0.6 is 15.9 Å². The van der Waals surface area contributed by atoms with Crippen LogP contribution in [0.1, 0.15) is 32.3 Å². The van der Waals surface area contributed by atoms with Gasteiger partial charge in [0.1, 0.15) is 0 Å². The quantitative estimate of drug-likeness (QED) is 0.635. The van der Waals surface area contributed by atoms with Gasteiger partial charge in [-0.3, -0.25) is 0 Å². The number of sulfonamides is 1. The van der Waals surface area contributed by atoms with Crippen LogP contribution in [0.2, 0.25) is 0 Å². The van der Waals surface area contributed by atoms with Gasteiger partial charge >= 0.3 is 0 Å². The number of aliphatic hydroxyl groups excluding tert-OH is 1. The summed E-state index contributed by atoms with van der Waals surface area (Å²) in [6.07, 6.45) is 0.921. The van der Waals surface area contributed by atoms with E-state index in [0.29, 0.717) is 15.7 Å². The van der Waals surface area contributed by atoms with Gasteiger partial charge < -0.3 is 10.8 Å². The summed E-state index contributed by atoms with van der Waals surface area (Å²) in [5.74, 6) is 0.0846. The number of halogens is 1. The Balaban J connectivity index is 2.93. The number of aliphatic hydroxyl groups is 1. The molecule has 1 atom stereocenters. The highest BCUT2D eigenvalue weighted by atomic mass is 79.9. The standard InChI is InChI=1S/C14H23BrN2O3S/c1-4-10(5-2)13(18)8-17-21(19,20)14-7-11(15)6-12(16)9(14)3/h6-7,10,13,17-18H,4-5,8,16H2,1-3H3. The summed E-state index contributed by atoms with van der Waals surface area (Å²) in [7, 11) is -3.70. The molecule has 0 aliphatic heterocycles. The average Bonchev–Trinajstić information content (AvgIpc) is 2.42. The van der Waals surface area contributed by atoms with E-state index in [2.05, 4.69) is 20.7 Å². The molecule has 21 heavy (non-hydrogen) atoms. The zero-order valence-electron chi connectivity index (χ0n) is 12.6. The van der Waals surface area contributed by atoms with Gasteiger partial charge in [-0.2, -0.15) is 0 Å². The Bertz CT molecular complexity index is 586. The van der Waals surface area contributed by atoms with Crippen molar-refractivity contribution in [1.29, 1.82) is 0 Å². The maximum atomic E-state index is 12.4. The molecule has 1 unspecified atom stereocenters. The summed E-state index contributed by atoms with van der Waals surface area (Å²) in [5.41, 5.74) is 6.70. The van der Waals surface area contributed by atoms with Crippen LogP contribution in [0.3, 0.4) is 0 Å². The van der Waals surface area contributed by atoms with Crippen LogP contribution < -0.4 is 10.5 Å². The monoisotopic (exact) mass is 378 g/mol. The van der Waals surface area contributed by atoms with Gasteiger partial charge in [-0.25, -0.2) is 13.1 Å². The lowest BCUT2D eigenvalue weighted by Crippen LogP contribution is -2.36. The van der Waals surface area contributed by atoms with Crippen LogP contribution in [0.15, 0.2) is 21.5 Å². The number of hydrogen-bond donors (Lipinski definition) is 3. The van der Waals surface area contributed by atoms with E-state index in [1.54, 1.807) is 13.0 Å². The minimum absolute atomic E-state index is 0.000534. The highest BCUT2D eigenvalue weighted by molar-refractivity contribution is 9.10. The molecule has 0 amide bonds. The summed E-state index contributed by atoms with van der Waals surface area (Å²) in [4.78, 5) is 0.131. The Morgan fingerprint density at radius 3 is 2.43 bits per heavy atom. The van der Waals surface area contributed by atoms with Gasteiger partial charge in [-0.05, 0) is 30.5 Å². The Hall–Kier alpha value is -0.630. The molecule has 0 radical (unpaired) electrons. The van der Waals surface area contributed by atoms with Crippen molar-refractivity contribution in [1.82, 2.24) is 4.72 Å². The van der Waals surface area contributed by atoms with E-state index in [4.69, 9.17) is 5.73 Å². The summed E-state index contributed by atoms with van der Waals surface area (Å²) in [6, 6.07) is 3.17. The van der Waals surface area contributed by atoms with Crippen molar-refractivity contribution in [2.24, 2.45) is 5.92 Å². The second-order valence-electron chi connectivity index (χ2n) is 5.11. The SMILES string of the molecule is CCC(CC)C(O)CNS(=O)(=O)c1cc(Br)cc(N)c1C. The molecule has 0 aliphatic rings. The molecule has 7 heteroatoms. The van der Waals surface area contributed by atoms with E-state index in [1.165, 1.54) is 6.07 Å². The zero-order chi connectivity index (χ0) is 16.2. The summed E-state index contributed by atoms with van der Waals surface area (Å²) in [6.45, 7) is 5.62. The van der Waals surface area contributed by atoms with Gasteiger partial charge in [-0.15, -0.1) is 0 Å². The molecule has 0 bridgehead atoms. The second kappa shape index (κ2) is 7.58. The van der Waals surface area contributed by atoms with Crippen molar-refractivity contribution in [2.45, 2.75) is 44.6 Å². The first kappa shape index (κ1) is 18.4. The van der Waals surface area contributed by atoms with Crippen molar-refractivity contribution in [2.75, 3.05) is 12.3 Å². The Labute approximate surface area is 135 Å². The van der Waals surface area contributed by atoms with Gasteiger partial charge in [0.05, 0.1) is 11.0 Å². The molecule has 1 rings (SSSR count). The van der Waals surface area contributed by atoms with Gasteiger partial charge in [0.2, 0.25) is 10.0 Å². The predicted octanol–water partition coefficient (Wildman–Crippen LogP) is 2.42. The van der Waals surface area contributed by atoms with Gasteiger partial charge in [0.15, 0.2) is 0 Å². The third-order valence-electron chi connectivity index (χ3n) is 3.73. The molecular weight excluding hydrogens is 356 g/mol. The number of nitrogens with two attached hydrogens (primary N) is 1. The first-order chi connectivity index (χ1) is 9.72. The highest BCUT2D eigenvalue weighted by Gasteiger charge is 2.22. The first-order valence-corrected chi connectivity index (χ1v) is 9.23. The van der Waals surface area contributed by atoms with Crippen LogP contribution in [0, 0.1) is 12.8 Å². The Morgan fingerprint density at radius 1 is 1.33 bits per heavy atom. The van der Waals surface area contributed by atoms with Crippen molar-refractivity contribution < 1.29 is 13.5 Å². The number of hydrogen-bond acceptors (Lipinski definition) is 4. The Morgan fingerprint density at radius 2 is 1.90 bits per heavy atom. The molecule has 0 saturated heterocycles. The lowest BCUT2D eigenvalue weighted by molar-refractivity contribution is 0.107. The molecule has 0 saturated carbocycles. The molecule has 5 nitrogen and oxygen atoms in total. The molecule has 4 N–H and O–H groups in total. The first-order valence-electron chi connectivity index (χ1n) is 6.96. The van der Waals surface area contributed by atoms with Crippen LogP contribution in [-0.4, -0.2) is 26.2 Å². The third kappa shape index (κ3) is 4.67. The van der Waals surface area contributed by atoms with E-state index in [-0.39, 0.29) is 17.4 Å². The lowest BCUT2D eigenvalue weighted by atomic mass is 9.97. The molecule has 0 aliphatic carbocycles. The number of rotatable bonds is 7. The summed E-state index contributed by atoms with van der Waals surface area (Å²) < 4.78 is 27.8. The number of benzene rings is 1. The largest absolute Gasteiger partial charge is 0.398 e. The van der Waals surface area contributed by atoms with Crippen LogP contribution in [0.25, 0.3) is 0 Å². The molecule has 0 fully saturated rings. The van der Waals surface area contributed by atoms with E-state index in [9.17, 15) is 13.5 Å². The predicted molar refractivity (Wildman–Crippen MR) is 88.6 cm³/mol. The molecule has 0 heterocycles. The van der Waals surface area contributed by atoms with Crippen molar-refractivity contribution in [3.8, 4) is 0 Å². The number of nitrogen functional groups attached to an aromatic ring is 1. The van der Waals surface area contributed by atoms with Crippen LogP contribution in [-0.2, 0) is 10.0 Å². The Kier molecular flexibility index (Phi) is 6.65. The molecule has 0 aromatic heterocycles. The van der Waals surface area contributed by atoms with E-state index < -0.39 is 16.1 Å². The molecule has 120 valence electrons. The maximum absolute atomic E-state index is 12.4. The topological polar surface area (TPSA) is 92.4 Å². The average molecular weight is 379 g/mol. The number of anilines is 1. The van der Waals surface area contributed by atoms with Crippen molar-refractivity contribution in [3.63, 3.8) is 0 Å². The van der Waals surface area contributed by atoms with Gasteiger partial charge in [-0.1, -0.05) is 42.6 Å². The fourth-order valence-corrected chi connectivity index (χ4v) is 4.20. The smallest absolute Gasteiger partial charge is 0.241 e. The molecular formula is C14H23BrN2O3S. The molecule has 0 spiro atoms. The summed E-state index contributed by atoms with van der Waals surface area (Å²) >= 11 is 3.24. The lowest BCUT2D eigenvalue weighted by Gasteiger charge is -2.20. The normalized spacial score (nSPS) is 13.6. The maximum Gasteiger partial charge on any atom is 0.241 e. The molecule has 1 aromatic rings. The van der Waals surface area contributed by atoms with Crippen LogP contribution in [0.4, 0.5) is 5.69 Å². The van der Waals surface area contributed by atoms with E-state index in [1.807, 2.05) is 13.8 Å². The number of nitrogens with one attached hydrogen (secondary N) is 1. The third-order valence-corrected chi connectivity index (χ3v) is 5.74. The van der Waals surface area contributed by atoms with Crippen molar-refractivity contribution >= 4 is 31.6 Å². The minimum Gasteiger partial charge on any atom is -0.398 e. The fraction of sp³-hybridized carbons (Fsp3) is 0.571. The van der Waals surface area contributed by atoms with E-state index in [0.717, 1.165) is 12.8 Å². The zero-order valence-corrected chi connectivity index (χ0v) is 15.0. The van der Waals surface area contributed by atoms with Crippen molar-refractivity contribution in [3.05, 3.63) is 22.2 Å². The summed E-state index contributed by atoms with van der Waals surface area (Å²) in [5, 5.41) is 10.0. The second-order valence-corrected chi connectivity index (χ2v) is 7.77. The minimum atomic E-state index is -3.70. The molecule has 1 aromatic carbocycles. The van der Waals surface area contributed by atoms with Crippen LogP contribution in [0.5, 0.6) is 0 Å². The van der Waals surface area contributed by atoms with Gasteiger partial charge in [0.25, 0.3) is 0 Å². The van der Waals surface area contributed by atoms with E-state index >= 15 is 0 Å².